The molecule has 0 aromatic heterocycles. The van der Waals surface area contributed by atoms with Crippen LogP contribution in [0.3, 0.4) is 0 Å². The zero-order valence-corrected chi connectivity index (χ0v) is 12.9. The highest BCUT2D eigenvalue weighted by Crippen LogP contribution is 2.25. The van der Waals surface area contributed by atoms with Crippen molar-refractivity contribution in [1.29, 1.82) is 10.5 Å². The zero-order chi connectivity index (χ0) is 14.9. The maximum Gasteiger partial charge on any atom is 0.165 e. The molecule has 0 saturated heterocycles. The van der Waals surface area contributed by atoms with Gasteiger partial charge in [-0.2, -0.15) is 20.8 Å². The first kappa shape index (κ1) is 17.6. The summed E-state index contributed by atoms with van der Waals surface area (Å²) in [6.45, 7) is 9.80. The van der Waals surface area contributed by atoms with Gasteiger partial charge >= 0.3 is 0 Å². The van der Waals surface area contributed by atoms with Gasteiger partial charge in [0.1, 0.15) is 0 Å². The monoisotopic (exact) mass is 262 g/mol. The molecule has 0 aromatic rings. The highest BCUT2D eigenvalue weighted by atomic mass is 15.2. The van der Waals surface area contributed by atoms with Crippen LogP contribution in [0.5, 0.6) is 0 Å². The SMILES string of the molecule is CCCCCC(C)(C#N)/N=N/C(C)(C#N)CC(C)C. The molecule has 0 aliphatic rings. The Balaban J connectivity index is 4.80. The van der Waals surface area contributed by atoms with Crippen molar-refractivity contribution >= 4 is 0 Å². The lowest BCUT2D eigenvalue weighted by Gasteiger charge is -2.20. The average molecular weight is 262 g/mol. The lowest BCUT2D eigenvalue weighted by molar-refractivity contribution is 0.401. The molecule has 0 spiro atoms. The van der Waals surface area contributed by atoms with E-state index >= 15 is 0 Å². The van der Waals surface area contributed by atoms with Crippen molar-refractivity contribution in [2.24, 2.45) is 16.1 Å². The Morgan fingerprint density at radius 1 is 1.00 bits per heavy atom. The molecule has 0 aromatic carbocycles. The van der Waals surface area contributed by atoms with E-state index in [1.807, 2.05) is 0 Å². The van der Waals surface area contributed by atoms with Gasteiger partial charge in [-0.3, -0.25) is 0 Å². The van der Waals surface area contributed by atoms with E-state index in [4.69, 9.17) is 0 Å². The van der Waals surface area contributed by atoms with Gasteiger partial charge in [0.25, 0.3) is 0 Å². The van der Waals surface area contributed by atoms with Crippen molar-refractivity contribution in [3.8, 4) is 12.1 Å². The summed E-state index contributed by atoms with van der Waals surface area (Å²) >= 11 is 0. The first-order valence-electron chi connectivity index (χ1n) is 7.07. The molecule has 0 bridgehead atoms. The van der Waals surface area contributed by atoms with Crippen LogP contribution in [-0.4, -0.2) is 11.1 Å². The van der Waals surface area contributed by atoms with Crippen LogP contribution in [0.4, 0.5) is 0 Å². The number of azo groups is 1. The maximum absolute atomic E-state index is 9.25. The standard InChI is InChI=1S/C15H26N4/c1-6-7-8-9-14(4,11-16)18-19-15(5,12-17)10-13(2)3/h13H,6-10H2,1-5H3/b19-18+. The maximum atomic E-state index is 9.25. The summed E-state index contributed by atoms with van der Waals surface area (Å²) in [6.07, 6.45) is 4.52. The number of hydrogen-bond donors (Lipinski definition) is 0. The van der Waals surface area contributed by atoms with Gasteiger partial charge in [0.2, 0.25) is 0 Å². The van der Waals surface area contributed by atoms with Crippen molar-refractivity contribution in [3.05, 3.63) is 0 Å². The van der Waals surface area contributed by atoms with E-state index in [1.165, 1.54) is 0 Å². The third-order valence-electron chi connectivity index (χ3n) is 3.05. The lowest BCUT2D eigenvalue weighted by atomic mass is 9.93. The van der Waals surface area contributed by atoms with Crippen molar-refractivity contribution in [3.63, 3.8) is 0 Å². The molecule has 4 nitrogen and oxygen atoms in total. The van der Waals surface area contributed by atoms with Crippen LogP contribution >= 0.6 is 0 Å². The Morgan fingerprint density at radius 3 is 1.95 bits per heavy atom. The van der Waals surface area contributed by atoms with Gasteiger partial charge in [0.05, 0.1) is 12.1 Å². The van der Waals surface area contributed by atoms with Crippen LogP contribution in [0.2, 0.25) is 0 Å². The average Bonchev–Trinajstić information content (AvgIpc) is 2.36. The molecule has 19 heavy (non-hydrogen) atoms. The second-order valence-electron chi connectivity index (χ2n) is 6.03. The Bertz CT molecular complexity index is 375. The Kier molecular flexibility index (Phi) is 7.30. The van der Waals surface area contributed by atoms with Crippen LogP contribution < -0.4 is 0 Å². The third kappa shape index (κ3) is 6.91. The lowest BCUT2D eigenvalue weighted by Crippen LogP contribution is -2.25. The van der Waals surface area contributed by atoms with Crippen LogP contribution in [-0.2, 0) is 0 Å². The normalized spacial score (nSPS) is 17.7. The predicted octanol–water partition coefficient (Wildman–Crippen LogP) is 4.63. The summed E-state index contributed by atoms with van der Waals surface area (Å²) in [7, 11) is 0. The predicted molar refractivity (Wildman–Crippen MR) is 76.5 cm³/mol. The van der Waals surface area contributed by atoms with Gasteiger partial charge in [0, 0.05) is 0 Å². The van der Waals surface area contributed by atoms with E-state index in [2.05, 4.69) is 43.1 Å². The molecule has 106 valence electrons. The number of rotatable bonds is 8. The van der Waals surface area contributed by atoms with E-state index in [-0.39, 0.29) is 0 Å². The number of unbranched alkanes of at least 4 members (excludes halogenated alkanes) is 2. The molecule has 4 heteroatoms. The summed E-state index contributed by atoms with van der Waals surface area (Å²) in [4.78, 5) is 0. The quantitative estimate of drug-likeness (QED) is 0.472. The van der Waals surface area contributed by atoms with E-state index in [0.717, 1.165) is 19.3 Å². The van der Waals surface area contributed by atoms with Gasteiger partial charge < -0.3 is 0 Å². The summed E-state index contributed by atoms with van der Waals surface area (Å²) in [5, 5.41) is 26.8. The molecule has 2 atom stereocenters. The summed E-state index contributed by atoms with van der Waals surface area (Å²) in [5.74, 6) is 0.372. The molecule has 0 amide bonds. The number of nitriles is 2. The van der Waals surface area contributed by atoms with E-state index < -0.39 is 11.1 Å². The molecule has 0 N–H and O–H groups in total. The van der Waals surface area contributed by atoms with Crippen molar-refractivity contribution < 1.29 is 0 Å². The molecule has 0 heterocycles. The van der Waals surface area contributed by atoms with Crippen LogP contribution in [0.1, 0.15) is 66.7 Å². The Labute approximate surface area is 117 Å². The summed E-state index contributed by atoms with van der Waals surface area (Å²) < 4.78 is 0. The van der Waals surface area contributed by atoms with E-state index in [0.29, 0.717) is 18.8 Å². The van der Waals surface area contributed by atoms with E-state index in [9.17, 15) is 10.5 Å². The minimum absolute atomic E-state index is 0.372. The highest BCUT2D eigenvalue weighted by Gasteiger charge is 2.28. The molecular formula is C15H26N4. The fourth-order valence-electron chi connectivity index (χ4n) is 1.97. The van der Waals surface area contributed by atoms with Crippen LogP contribution in [0.25, 0.3) is 0 Å². The molecular weight excluding hydrogens is 236 g/mol. The van der Waals surface area contributed by atoms with E-state index in [1.54, 1.807) is 13.8 Å². The molecule has 0 fully saturated rings. The van der Waals surface area contributed by atoms with Crippen molar-refractivity contribution in [1.82, 2.24) is 0 Å². The molecule has 2 unspecified atom stereocenters. The smallest absolute Gasteiger partial charge is 0.165 e. The fourth-order valence-corrected chi connectivity index (χ4v) is 1.97. The molecule has 0 aliphatic heterocycles. The number of nitrogens with zero attached hydrogens (tertiary/aromatic N) is 4. The molecule has 0 radical (unpaired) electrons. The van der Waals surface area contributed by atoms with Gasteiger partial charge in [0.15, 0.2) is 11.1 Å². The van der Waals surface area contributed by atoms with Gasteiger partial charge in [-0.15, -0.1) is 0 Å². The molecule has 0 saturated carbocycles. The highest BCUT2D eigenvalue weighted by molar-refractivity contribution is 5.07. The minimum atomic E-state index is -0.822. The summed E-state index contributed by atoms with van der Waals surface area (Å²) in [5.41, 5.74) is -1.62. The summed E-state index contributed by atoms with van der Waals surface area (Å²) in [6, 6.07) is 4.42. The first-order chi connectivity index (χ1) is 8.81. The first-order valence-corrected chi connectivity index (χ1v) is 7.07. The number of hydrogen-bond acceptors (Lipinski definition) is 4. The third-order valence-corrected chi connectivity index (χ3v) is 3.05. The van der Waals surface area contributed by atoms with Crippen LogP contribution in [0, 0.1) is 28.6 Å². The second kappa shape index (κ2) is 7.89. The molecule has 0 aliphatic carbocycles. The zero-order valence-electron chi connectivity index (χ0n) is 12.9. The van der Waals surface area contributed by atoms with Crippen molar-refractivity contribution in [2.45, 2.75) is 77.8 Å². The second-order valence-corrected chi connectivity index (χ2v) is 6.03. The van der Waals surface area contributed by atoms with Crippen molar-refractivity contribution in [2.75, 3.05) is 0 Å². The minimum Gasteiger partial charge on any atom is -0.196 e. The van der Waals surface area contributed by atoms with Gasteiger partial charge in [-0.25, -0.2) is 0 Å². The van der Waals surface area contributed by atoms with Crippen LogP contribution in [0.15, 0.2) is 10.2 Å². The Morgan fingerprint density at radius 2 is 1.53 bits per heavy atom. The van der Waals surface area contributed by atoms with Gasteiger partial charge in [-0.1, -0.05) is 33.6 Å². The van der Waals surface area contributed by atoms with Gasteiger partial charge in [-0.05, 0) is 39.0 Å². The fraction of sp³-hybridized carbons (Fsp3) is 0.867. The largest absolute Gasteiger partial charge is 0.196 e. The molecule has 0 rings (SSSR count). The topological polar surface area (TPSA) is 72.3 Å². The Hall–Kier alpha value is -1.42.